The normalized spacial score (nSPS) is 12.0. The van der Waals surface area contributed by atoms with Crippen LogP contribution in [0.3, 0.4) is 0 Å². The summed E-state index contributed by atoms with van der Waals surface area (Å²) in [6.07, 6.45) is -4.96. The lowest BCUT2D eigenvalue weighted by molar-refractivity contribution is -0.137. The van der Waals surface area contributed by atoms with Gasteiger partial charge in [0, 0.05) is 20.8 Å². The smallest absolute Gasteiger partial charge is 0.306 e. The summed E-state index contributed by atoms with van der Waals surface area (Å²) < 4.78 is 68.0. The SMILES string of the molecule is O=c1[nH]c(=O)c2cc(C(F)(F)F)c(-c3cc(Cl)c(F)cc3F)c(I)c2[nH]1. The second-order valence-corrected chi connectivity index (χ2v) is 6.67. The third kappa shape index (κ3) is 3.11. The van der Waals surface area contributed by atoms with Crippen LogP contribution >= 0.6 is 34.2 Å². The molecule has 1 heterocycles. The quantitative estimate of drug-likeness (QED) is 0.294. The van der Waals surface area contributed by atoms with Crippen LogP contribution in [0.4, 0.5) is 22.0 Å². The van der Waals surface area contributed by atoms with Gasteiger partial charge in [-0.1, -0.05) is 11.6 Å². The fourth-order valence-electron chi connectivity index (χ4n) is 2.47. The Morgan fingerprint density at radius 2 is 1.65 bits per heavy atom. The maximum atomic E-state index is 14.2. The van der Waals surface area contributed by atoms with Gasteiger partial charge in [-0.05, 0) is 34.7 Å². The van der Waals surface area contributed by atoms with Crippen molar-refractivity contribution >= 4 is 45.1 Å². The lowest BCUT2D eigenvalue weighted by atomic mass is 9.96. The highest BCUT2D eigenvalue weighted by Crippen LogP contribution is 2.43. The van der Waals surface area contributed by atoms with E-state index in [1.807, 2.05) is 4.98 Å². The van der Waals surface area contributed by atoms with Gasteiger partial charge in [-0.2, -0.15) is 13.2 Å². The van der Waals surface area contributed by atoms with Gasteiger partial charge in [0.25, 0.3) is 5.56 Å². The van der Waals surface area contributed by atoms with Gasteiger partial charge in [0.2, 0.25) is 0 Å². The standard InChI is InChI=1S/C15H5ClF5IN2O2/c16-7-2-4(8(17)3-9(7)18)10-6(15(19,20)21)1-5-12(11(10)22)23-14(26)24-13(5)25/h1-3H,(H2,23,24,25,26). The molecule has 0 amide bonds. The Morgan fingerprint density at radius 1 is 1.00 bits per heavy atom. The van der Waals surface area contributed by atoms with E-state index in [-0.39, 0.29) is 9.09 Å². The number of fused-ring (bicyclic) bond motifs is 1. The molecule has 0 radical (unpaired) electrons. The third-order valence-corrected chi connectivity index (χ3v) is 4.93. The molecule has 136 valence electrons. The van der Waals surface area contributed by atoms with E-state index in [2.05, 4.69) is 4.98 Å². The Labute approximate surface area is 159 Å². The van der Waals surface area contributed by atoms with Crippen molar-refractivity contribution in [1.29, 1.82) is 0 Å². The monoisotopic (exact) mass is 502 g/mol. The van der Waals surface area contributed by atoms with Gasteiger partial charge < -0.3 is 4.98 Å². The number of hydrogen-bond donors (Lipinski definition) is 2. The summed E-state index contributed by atoms with van der Waals surface area (Å²) in [6.45, 7) is 0. The first-order valence-electron chi connectivity index (χ1n) is 6.71. The molecule has 0 spiro atoms. The Hall–Kier alpha value is -1.95. The van der Waals surface area contributed by atoms with Crippen LogP contribution in [0, 0.1) is 15.2 Å². The fourth-order valence-corrected chi connectivity index (χ4v) is 3.64. The van der Waals surface area contributed by atoms with Crippen molar-refractivity contribution in [3.63, 3.8) is 0 Å². The van der Waals surface area contributed by atoms with E-state index in [4.69, 9.17) is 11.6 Å². The number of benzene rings is 2. The van der Waals surface area contributed by atoms with Crippen molar-refractivity contribution in [2.45, 2.75) is 6.18 Å². The maximum Gasteiger partial charge on any atom is 0.417 e. The second-order valence-electron chi connectivity index (χ2n) is 5.19. The molecule has 11 heteroatoms. The number of halogens is 7. The summed E-state index contributed by atoms with van der Waals surface area (Å²) in [5.74, 6) is -2.41. The predicted octanol–water partition coefficient (Wildman–Crippen LogP) is 4.44. The van der Waals surface area contributed by atoms with E-state index in [1.165, 1.54) is 22.6 Å². The van der Waals surface area contributed by atoms with Crippen LogP contribution in [0.25, 0.3) is 22.0 Å². The summed E-state index contributed by atoms with van der Waals surface area (Å²) in [7, 11) is 0. The Kier molecular flexibility index (Phi) is 4.59. The zero-order chi connectivity index (χ0) is 19.4. The molecule has 0 unspecified atom stereocenters. The minimum Gasteiger partial charge on any atom is -0.306 e. The van der Waals surface area contributed by atoms with Gasteiger partial charge in [-0.25, -0.2) is 13.6 Å². The van der Waals surface area contributed by atoms with E-state index in [0.29, 0.717) is 12.1 Å². The van der Waals surface area contributed by atoms with E-state index >= 15 is 0 Å². The van der Waals surface area contributed by atoms with E-state index < -0.39 is 56.2 Å². The first kappa shape index (κ1) is 18.8. The van der Waals surface area contributed by atoms with Crippen molar-refractivity contribution in [2.75, 3.05) is 0 Å². The van der Waals surface area contributed by atoms with Gasteiger partial charge in [-0.15, -0.1) is 0 Å². The summed E-state index contributed by atoms with van der Waals surface area (Å²) in [4.78, 5) is 27.4. The van der Waals surface area contributed by atoms with Crippen molar-refractivity contribution in [1.82, 2.24) is 9.97 Å². The van der Waals surface area contributed by atoms with Crippen molar-refractivity contribution in [2.24, 2.45) is 0 Å². The van der Waals surface area contributed by atoms with Crippen LogP contribution in [0.15, 0.2) is 27.8 Å². The fraction of sp³-hybridized carbons (Fsp3) is 0.0667. The molecule has 2 N–H and O–H groups in total. The Bertz CT molecular complexity index is 1170. The van der Waals surface area contributed by atoms with Gasteiger partial charge in [0.1, 0.15) is 11.6 Å². The second kappa shape index (κ2) is 6.34. The molecule has 3 aromatic rings. The molecule has 0 aliphatic carbocycles. The first-order valence-corrected chi connectivity index (χ1v) is 8.17. The molecule has 0 atom stereocenters. The largest absolute Gasteiger partial charge is 0.417 e. The Morgan fingerprint density at radius 3 is 2.27 bits per heavy atom. The van der Waals surface area contributed by atoms with Crippen LogP contribution < -0.4 is 11.2 Å². The average molecular weight is 503 g/mol. The lowest BCUT2D eigenvalue weighted by Gasteiger charge is -2.17. The molecule has 3 rings (SSSR count). The van der Waals surface area contributed by atoms with Crippen molar-refractivity contribution < 1.29 is 22.0 Å². The number of H-pyrrole nitrogens is 2. The minimum absolute atomic E-state index is 0.206. The number of hydrogen-bond acceptors (Lipinski definition) is 2. The minimum atomic E-state index is -4.96. The highest BCUT2D eigenvalue weighted by Gasteiger charge is 2.37. The van der Waals surface area contributed by atoms with Crippen LogP contribution in [0.5, 0.6) is 0 Å². The van der Waals surface area contributed by atoms with Gasteiger partial charge in [-0.3, -0.25) is 9.78 Å². The summed E-state index contributed by atoms with van der Waals surface area (Å²) >= 11 is 7.04. The lowest BCUT2D eigenvalue weighted by Crippen LogP contribution is -2.23. The van der Waals surface area contributed by atoms with Crippen molar-refractivity contribution in [3.8, 4) is 11.1 Å². The molecule has 0 saturated heterocycles. The molecule has 2 aromatic carbocycles. The first-order chi connectivity index (χ1) is 12.0. The number of aromatic nitrogens is 2. The maximum absolute atomic E-state index is 14.2. The molecule has 26 heavy (non-hydrogen) atoms. The van der Waals surface area contributed by atoms with Gasteiger partial charge in [0.15, 0.2) is 0 Å². The van der Waals surface area contributed by atoms with E-state index in [9.17, 15) is 31.5 Å². The summed E-state index contributed by atoms with van der Waals surface area (Å²) in [5, 5.41) is -1.01. The molecule has 4 nitrogen and oxygen atoms in total. The number of alkyl halides is 3. The van der Waals surface area contributed by atoms with Crippen LogP contribution in [0.2, 0.25) is 5.02 Å². The zero-order valence-corrected chi connectivity index (χ0v) is 15.1. The Balaban J connectivity index is 2.56. The highest BCUT2D eigenvalue weighted by molar-refractivity contribution is 14.1. The molecule has 0 bridgehead atoms. The number of nitrogens with one attached hydrogen (secondary N) is 2. The van der Waals surface area contributed by atoms with Crippen LogP contribution in [0.1, 0.15) is 5.56 Å². The van der Waals surface area contributed by atoms with Crippen LogP contribution in [-0.2, 0) is 6.18 Å². The predicted molar refractivity (Wildman–Crippen MR) is 93.3 cm³/mol. The molecular formula is C15H5ClF5IN2O2. The zero-order valence-electron chi connectivity index (χ0n) is 12.2. The molecule has 1 aromatic heterocycles. The number of rotatable bonds is 1. The molecule has 0 aliphatic heterocycles. The number of aromatic amines is 2. The highest BCUT2D eigenvalue weighted by atomic mass is 127. The van der Waals surface area contributed by atoms with E-state index in [0.717, 1.165) is 6.07 Å². The summed E-state index contributed by atoms with van der Waals surface area (Å²) in [6, 6.07) is 1.58. The molecule has 0 aliphatic rings. The molecule has 0 saturated carbocycles. The molecular weight excluding hydrogens is 498 g/mol. The van der Waals surface area contributed by atoms with Crippen LogP contribution in [-0.4, -0.2) is 9.97 Å². The molecule has 0 fully saturated rings. The third-order valence-electron chi connectivity index (χ3n) is 3.56. The average Bonchev–Trinajstić information content (AvgIpc) is 2.51. The summed E-state index contributed by atoms with van der Waals surface area (Å²) in [5.41, 5.74) is -4.78. The topological polar surface area (TPSA) is 65.7 Å². The van der Waals surface area contributed by atoms with E-state index in [1.54, 1.807) is 0 Å². The van der Waals surface area contributed by atoms with Gasteiger partial charge in [0.05, 0.1) is 21.5 Å². The van der Waals surface area contributed by atoms with Gasteiger partial charge >= 0.3 is 11.9 Å². The van der Waals surface area contributed by atoms with Crippen molar-refractivity contribution in [3.05, 3.63) is 64.8 Å².